The van der Waals surface area contributed by atoms with E-state index >= 15 is 0 Å². The van der Waals surface area contributed by atoms with Crippen molar-refractivity contribution in [2.24, 2.45) is 28.1 Å². The Morgan fingerprint density at radius 2 is 1.62 bits per heavy atom. The van der Waals surface area contributed by atoms with Crippen LogP contribution in [0.5, 0.6) is 0 Å². The zero-order chi connectivity index (χ0) is 10.0. The average Bonchev–Trinajstić information content (AvgIpc) is 2.12. The predicted molar refractivity (Wildman–Crippen MR) is 51.3 cm³/mol. The van der Waals surface area contributed by atoms with Gasteiger partial charge in [-0.05, 0) is 24.2 Å². The third kappa shape index (κ3) is 1.76. The van der Waals surface area contributed by atoms with Crippen molar-refractivity contribution < 1.29 is 0 Å². The highest BCUT2D eigenvalue weighted by molar-refractivity contribution is 4.93. The summed E-state index contributed by atoms with van der Waals surface area (Å²) in [4.78, 5) is 21.1. The second-order valence-corrected chi connectivity index (χ2v) is 4.20. The molecule has 1 aliphatic rings. The molecule has 1 fully saturated rings. The van der Waals surface area contributed by atoms with Crippen LogP contribution in [-0.2, 0) is 0 Å². The summed E-state index contributed by atoms with van der Waals surface area (Å²) in [6.45, 7) is 5.91. The quantitative estimate of drug-likeness (QED) is 0.619. The number of rotatable bonds is 2. The van der Waals surface area contributed by atoms with Gasteiger partial charge in [0.2, 0.25) is 0 Å². The molecule has 5 atom stereocenters. The zero-order valence-corrected chi connectivity index (χ0v) is 8.30. The van der Waals surface area contributed by atoms with Gasteiger partial charge in [-0.15, -0.1) is 0 Å². The van der Waals surface area contributed by atoms with Crippen molar-refractivity contribution in [3.63, 3.8) is 0 Å². The summed E-state index contributed by atoms with van der Waals surface area (Å²) in [5, 5.41) is 6.24. The van der Waals surface area contributed by atoms with Crippen LogP contribution < -0.4 is 0 Å². The molecule has 0 N–H and O–H groups in total. The molecule has 0 aromatic carbocycles. The molecule has 0 aromatic rings. The lowest BCUT2D eigenvalue weighted by molar-refractivity contribution is 0.157. The van der Waals surface area contributed by atoms with Crippen molar-refractivity contribution in [1.29, 1.82) is 0 Å². The van der Waals surface area contributed by atoms with Crippen molar-refractivity contribution in [3.05, 3.63) is 9.81 Å². The summed E-state index contributed by atoms with van der Waals surface area (Å²) in [7, 11) is 0. The molecule has 0 heterocycles. The van der Waals surface area contributed by atoms with E-state index in [1.165, 1.54) is 0 Å². The van der Waals surface area contributed by atoms with Gasteiger partial charge in [0.25, 0.3) is 0 Å². The van der Waals surface area contributed by atoms with Gasteiger partial charge in [0.1, 0.15) is 0 Å². The highest BCUT2D eigenvalue weighted by atomic mass is 16.3. The van der Waals surface area contributed by atoms with Crippen LogP contribution in [0.2, 0.25) is 0 Å². The summed E-state index contributed by atoms with van der Waals surface area (Å²) >= 11 is 0. The van der Waals surface area contributed by atoms with Crippen molar-refractivity contribution in [2.45, 2.75) is 39.3 Å². The topological polar surface area (TPSA) is 58.9 Å². The molecule has 0 saturated heterocycles. The predicted octanol–water partition coefficient (Wildman–Crippen LogP) is 2.57. The van der Waals surface area contributed by atoms with Gasteiger partial charge >= 0.3 is 0 Å². The van der Waals surface area contributed by atoms with Crippen molar-refractivity contribution in [3.8, 4) is 0 Å². The summed E-state index contributed by atoms with van der Waals surface area (Å²) in [6.07, 6.45) is 0.700. The molecule has 0 aliphatic heterocycles. The van der Waals surface area contributed by atoms with Crippen molar-refractivity contribution in [1.82, 2.24) is 0 Å². The molecular formula is C9H16N2O2. The molecule has 0 aromatic heterocycles. The first-order valence-electron chi connectivity index (χ1n) is 4.76. The van der Waals surface area contributed by atoms with Crippen LogP contribution >= 0.6 is 0 Å². The minimum absolute atomic E-state index is 0.136. The Kier molecular flexibility index (Phi) is 3.12. The van der Waals surface area contributed by atoms with Gasteiger partial charge in [-0.3, -0.25) is 0 Å². The van der Waals surface area contributed by atoms with Gasteiger partial charge in [0, 0.05) is 0 Å². The van der Waals surface area contributed by atoms with E-state index in [0.29, 0.717) is 6.42 Å². The third-order valence-corrected chi connectivity index (χ3v) is 3.43. The molecule has 0 amide bonds. The molecule has 1 aliphatic carbocycles. The largest absolute Gasteiger partial charge is 0.151 e. The monoisotopic (exact) mass is 184 g/mol. The molecule has 1 saturated carbocycles. The van der Waals surface area contributed by atoms with Crippen molar-refractivity contribution in [2.75, 3.05) is 0 Å². The first-order valence-corrected chi connectivity index (χ1v) is 4.76. The Bertz CT molecular complexity index is 208. The van der Waals surface area contributed by atoms with E-state index in [9.17, 15) is 9.81 Å². The Labute approximate surface area is 78.0 Å². The van der Waals surface area contributed by atoms with Gasteiger partial charge in [-0.25, -0.2) is 0 Å². The Balaban J connectivity index is 2.77. The molecule has 4 nitrogen and oxygen atoms in total. The van der Waals surface area contributed by atoms with Gasteiger partial charge in [-0.2, -0.15) is 9.81 Å². The lowest BCUT2D eigenvalue weighted by Crippen LogP contribution is -2.41. The molecule has 0 radical (unpaired) electrons. The van der Waals surface area contributed by atoms with E-state index in [2.05, 4.69) is 10.4 Å². The SMILES string of the molecule is CC1CC(N=O)C(C)C(C)C1N=O. The molecule has 74 valence electrons. The first kappa shape index (κ1) is 10.3. The first-order chi connectivity index (χ1) is 6.11. The van der Waals surface area contributed by atoms with Crippen LogP contribution in [0.1, 0.15) is 27.2 Å². The van der Waals surface area contributed by atoms with Crippen LogP contribution in [0, 0.1) is 27.6 Å². The van der Waals surface area contributed by atoms with E-state index in [1.54, 1.807) is 0 Å². The highest BCUT2D eigenvalue weighted by Gasteiger charge is 2.40. The fraction of sp³-hybridized carbons (Fsp3) is 1.00. The number of hydrogen-bond acceptors (Lipinski definition) is 4. The van der Waals surface area contributed by atoms with Crippen LogP contribution in [0.3, 0.4) is 0 Å². The van der Waals surface area contributed by atoms with Gasteiger partial charge in [-0.1, -0.05) is 31.1 Å². The zero-order valence-electron chi connectivity index (χ0n) is 8.30. The number of nitroso groups, excluding NO2 is 2. The van der Waals surface area contributed by atoms with Crippen LogP contribution in [0.4, 0.5) is 0 Å². The van der Waals surface area contributed by atoms with E-state index < -0.39 is 0 Å². The summed E-state index contributed by atoms with van der Waals surface area (Å²) in [6, 6.07) is -0.281. The maximum atomic E-state index is 10.6. The smallest absolute Gasteiger partial charge is 0.0974 e. The Hall–Kier alpha value is -0.800. The fourth-order valence-corrected chi connectivity index (χ4v) is 2.25. The second-order valence-electron chi connectivity index (χ2n) is 4.20. The molecule has 1 rings (SSSR count). The van der Waals surface area contributed by atoms with Crippen LogP contribution in [0.25, 0.3) is 0 Å². The minimum atomic E-state index is -0.145. The molecular weight excluding hydrogens is 168 g/mol. The van der Waals surface area contributed by atoms with Crippen LogP contribution in [0.15, 0.2) is 10.4 Å². The average molecular weight is 184 g/mol. The maximum absolute atomic E-state index is 10.6. The van der Waals surface area contributed by atoms with E-state index in [-0.39, 0.29) is 29.8 Å². The summed E-state index contributed by atoms with van der Waals surface area (Å²) in [5.41, 5.74) is 0. The van der Waals surface area contributed by atoms with E-state index in [4.69, 9.17) is 0 Å². The number of nitrogens with zero attached hydrogens (tertiary/aromatic N) is 2. The van der Waals surface area contributed by atoms with Gasteiger partial charge in [0.15, 0.2) is 0 Å². The maximum Gasteiger partial charge on any atom is 0.0974 e. The van der Waals surface area contributed by atoms with Crippen LogP contribution in [-0.4, -0.2) is 12.1 Å². The standard InChI is InChI=1S/C9H16N2O2/c1-5-4-8(10-12)6(2)7(3)9(5)11-13/h5-9H,4H2,1-3H3. The Morgan fingerprint density at radius 3 is 2.08 bits per heavy atom. The highest BCUT2D eigenvalue weighted by Crippen LogP contribution is 2.37. The van der Waals surface area contributed by atoms with E-state index in [0.717, 1.165) is 0 Å². The van der Waals surface area contributed by atoms with Gasteiger partial charge in [0.05, 0.1) is 12.1 Å². The molecule has 5 unspecified atom stereocenters. The van der Waals surface area contributed by atoms with E-state index in [1.807, 2.05) is 20.8 Å². The molecule has 13 heavy (non-hydrogen) atoms. The lowest BCUT2D eigenvalue weighted by atomic mass is 9.70. The Morgan fingerprint density at radius 1 is 1.00 bits per heavy atom. The summed E-state index contributed by atoms with van der Waals surface area (Å²) < 4.78 is 0. The van der Waals surface area contributed by atoms with Gasteiger partial charge < -0.3 is 0 Å². The summed E-state index contributed by atoms with van der Waals surface area (Å²) in [5.74, 6) is 0.534. The second kappa shape index (κ2) is 3.94. The van der Waals surface area contributed by atoms with Crippen molar-refractivity contribution >= 4 is 0 Å². The molecule has 0 bridgehead atoms. The molecule has 4 heteroatoms. The number of hydrogen-bond donors (Lipinski definition) is 0. The molecule has 0 spiro atoms. The minimum Gasteiger partial charge on any atom is -0.151 e. The normalized spacial score (nSPS) is 45.6. The fourth-order valence-electron chi connectivity index (χ4n) is 2.25. The third-order valence-electron chi connectivity index (χ3n) is 3.43. The lowest BCUT2D eigenvalue weighted by Gasteiger charge is -2.37.